The standard InChI is InChI=1S/C23H29FN4O2/c1-16-7-6-10-20(17(16)2)25-22(29)15-27-11-13-28(14-12-27)18(3)23(30)26-21-9-5-4-8-19(21)24/h4-10,18H,11-15H2,1-3H3,(H,25,29)(H,26,30)/p+2/t18-/m1/s1. The summed E-state index contributed by atoms with van der Waals surface area (Å²) in [6, 6.07) is 11.8. The van der Waals surface area contributed by atoms with Gasteiger partial charge in [-0.3, -0.25) is 9.59 Å². The van der Waals surface area contributed by atoms with E-state index in [0.717, 1.165) is 47.9 Å². The first kappa shape index (κ1) is 21.9. The van der Waals surface area contributed by atoms with Crippen LogP contribution >= 0.6 is 0 Å². The first-order chi connectivity index (χ1) is 14.3. The van der Waals surface area contributed by atoms with E-state index < -0.39 is 5.82 Å². The number of nitrogens with one attached hydrogen (secondary N) is 4. The Balaban J connectivity index is 1.47. The van der Waals surface area contributed by atoms with Crippen LogP contribution in [0.5, 0.6) is 0 Å². The van der Waals surface area contributed by atoms with Crippen LogP contribution in [0.3, 0.4) is 0 Å². The summed E-state index contributed by atoms with van der Waals surface area (Å²) in [5, 5.41) is 5.70. The van der Waals surface area contributed by atoms with Crippen molar-refractivity contribution in [1.29, 1.82) is 0 Å². The molecule has 1 fully saturated rings. The molecule has 2 amide bonds. The van der Waals surface area contributed by atoms with Crippen molar-refractivity contribution in [2.24, 2.45) is 0 Å². The minimum absolute atomic E-state index is 0.00694. The van der Waals surface area contributed by atoms with Crippen LogP contribution in [0, 0.1) is 19.7 Å². The highest BCUT2D eigenvalue weighted by molar-refractivity contribution is 5.93. The molecule has 1 atom stereocenters. The maximum absolute atomic E-state index is 13.8. The van der Waals surface area contributed by atoms with Gasteiger partial charge >= 0.3 is 0 Å². The molecule has 0 saturated carbocycles. The molecule has 1 saturated heterocycles. The molecule has 2 aromatic carbocycles. The van der Waals surface area contributed by atoms with Gasteiger partial charge in [0.2, 0.25) is 0 Å². The van der Waals surface area contributed by atoms with E-state index in [2.05, 4.69) is 10.6 Å². The second-order valence-electron chi connectivity index (χ2n) is 8.07. The van der Waals surface area contributed by atoms with E-state index in [9.17, 15) is 14.0 Å². The van der Waals surface area contributed by atoms with Crippen LogP contribution in [-0.4, -0.2) is 50.6 Å². The number of piperazine rings is 1. The molecule has 0 bridgehead atoms. The summed E-state index contributed by atoms with van der Waals surface area (Å²) in [5.74, 6) is -0.615. The molecule has 1 aliphatic heterocycles. The molecule has 1 heterocycles. The predicted octanol–water partition coefficient (Wildman–Crippen LogP) is 0.192. The maximum atomic E-state index is 13.8. The molecule has 2 aromatic rings. The lowest BCUT2D eigenvalue weighted by Crippen LogP contribution is -3.30. The molecule has 0 aliphatic carbocycles. The van der Waals surface area contributed by atoms with Gasteiger partial charge in [0.1, 0.15) is 32.0 Å². The molecule has 4 N–H and O–H groups in total. The average molecular weight is 415 g/mol. The van der Waals surface area contributed by atoms with Crippen LogP contribution in [0.4, 0.5) is 15.8 Å². The summed E-state index contributed by atoms with van der Waals surface area (Å²) >= 11 is 0. The van der Waals surface area contributed by atoms with Gasteiger partial charge in [-0.1, -0.05) is 24.3 Å². The molecule has 0 radical (unpaired) electrons. The second kappa shape index (κ2) is 9.82. The number of benzene rings is 2. The molecular weight excluding hydrogens is 383 g/mol. The summed E-state index contributed by atoms with van der Waals surface area (Å²) in [5.41, 5.74) is 3.31. The number of quaternary nitrogens is 2. The lowest BCUT2D eigenvalue weighted by Gasteiger charge is -2.32. The highest BCUT2D eigenvalue weighted by Crippen LogP contribution is 2.17. The lowest BCUT2D eigenvalue weighted by molar-refractivity contribution is -1.01. The van der Waals surface area contributed by atoms with Gasteiger partial charge in [-0.15, -0.1) is 0 Å². The number of anilines is 2. The molecule has 1 aliphatic rings. The topological polar surface area (TPSA) is 67.1 Å². The van der Waals surface area contributed by atoms with Gasteiger partial charge in [0.25, 0.3) is 11.8 Å². The molecule has 0 aromatic heterocycles. The molecule has 6 nitrogen and oxygen atoms in total. The van der Waals surface area contributed by atoms with E-state index in [4.69, 9.17) is 0 Å². The molecule has 7 heteroatoms. The highest BCUT2D eigenvalue weighted by atomic mass is 19.1. The summed E-state index contributed by atoms with van der Waals surface area (Å²) < 4.78 is 13.8. The Morgan fingerprint density at radius 2 is 1.63 bits per heavy atom. The number of amides is 2. The normalized spacial score (nSPS) is 19.7. The quantitative estimate of drug-likeness (QED) is 0.545. The van der Waals surface area contributed by atoms with E-state index in [-0.39, 0.29) is 23.5 Å². The van der Waals surface area contributed by atoms with Gasteiger partial charge in [-0.05, 0) is 50.1 Å². The molecule has 0 spiro atoms. The van der Waals surface area contributed by atoms with Gasteiger partial charge in [0, 0.05) is 5.69 Å². The summed E-state index contributed by atoms with van der Waals surface area (Å²) in [6.45, 7) is 9.52. The summed E-state index contributed by atoms with van der Waals surface area (Å²) in [4.78, 5) is 27.3. The zero-order chi connectivity index (χ0) is 21.7. The number of carbonyl (C=O) groups excluding carboxylic acids is 2. The van der Waals surface area contributed by atoms with E-state index in [1.54, 1.807) is 18.2 Å². The largest absolute Gasteiger partial charge is 0.321 e. The second-order valence-corrected chi connectivity index (χ2v) is 8.07. The van der Waals surface area contributed by atoms with Crippen molar-refractivity contribution in [3.8, 4) is 0 Å². The van der Waals surface area contributed by atoms with Crippen LogP contribution < -0.4 is 20.4 Å². The monoisotopic (exact) mass is 414 g/mol. The molecule has 3 rings (SSSR count). The Morgan fingerprint density at radius 1 is 0.967 bits per heavy atom. The zero-order valence-corrected chi connectivity index (χ0v) is 17.8. The van der Waals surface area contributed by atoms with Crippen LogP contribution in [0.15, 0.2) is 42.5 Å². The fraction of sp³-hybridized carbons (Fsp3) is 0.391. The minimum Gasteiger partial charge on any atom is -0.321 e. The first-order valence-corrected chi connectivity index (χ1v) is 10.4. The Bertz CT molecular complexity index is 910. The number of aryl methyl sites for hydroxylation is 1. The number of hydrogen-bond donors (Lipinski definition) is 4. The third-order valence-corrected chi connectivity index (χ3v) is 6.03. The highest BCUT2D eigenvalue weighted by Gasteiger charge is 2.32. The van der Waals surface area contributed by atoms with Gasteiger partial charge in [0.05, 0.1) is 5.69 Å². The van der Waals surface area contributed by atoms with Crippen molar-refractivity contribution in [2.45, 2.75) is 26.8 Å². The SMILES string of the molecule is Cc1cccc(NC(=O)C[NH+]2CC[NH+]([C@H](C)C(=O)Nc3ccccc3F)CC2)c1C. The Kier molecular flexibility index (Phi) is 7.18. The van der Waals surface area contributed by atoms with Crippen molar-refractivity contribution in [1.82, 2.24) is 0 Å². The summed E-state index contributed by atoms with van der Waals surface area (Å²) in [7, 11) is 0. The van der Waals surface area contributed by atoms with Crippen LogP contribution in [0.25, 0.3) is 0 Å². The van der Waals surface area contributed by atoms with Crippen molar-refractivity contribution >= 4 is 23.2 Å². The molecule has 30 heavy (non-hydrogen) atoms. The van der Waals surface area contributed by atoms with E-state index >= 15 is 0 Å². The zero-order valence-electron chi connectivity index (χ0n) is 17.8. The average Bonchev–Trinajstić information content (AvgIpc) is 2.73. The lowest BCUT2D eigenvalue weighted by atomic mass is 10.1. The fourth-order valence-electron chi connectivity index (χ4n) is 3.83. The van der Waals surface area contributed by atoms with Gasteiger partial charge in [0.15, 0.2) is 12.6 Å². The van der Waals surface area contributed by atoms with Crippen LogP contribution in [-0.2, 0) is 9.59 Å². The predicted molar refractivity (Wildman–Crippen MR) is 115 cm³/mol. The van der Waals surface area contributed by atoms with Gasteiger partial charge in [-0.25, -0.2) is 4.39 Å². The van der Waals surface area contributed by atoms with E-state index in [1.807, 2.05) is 39.0 Å². The number of para-hydroxylation sites is 1. The van der Waals surface area contributed by atoms with Crippen LogP contribution in [0.1, 0.15) is 18.1 Å². The van der Waals surface area contributed by atoms with Crippen molar-refractivity contribution in [3.05, 3.63) is 59.4 Å². The first-order valence-electron chi connectivity index (χ1n) is 10.4. The van der Waals surface area contributed by atoms with Crippen molar-refractivity contribution in [3.63, 3.8) is 0 Å². The fourth-order valence-corrected chi connectivity index (χ4v) is 3.83. The Labute approximate surface area is 177 Å². The van der Waals surface area contributed by atoms with Gasteiger partial charge in [-0.2, -0.15) is 0 Å². The van der Waals surface area contributed by atoms with Crippen molar-refractivity contribution < 1.29 is 23.8 Å². The minimum atomic E-state index is -0.433. The molecule has 0 unspecified atom stereocenters. The van der Waals surface area contributed by atoms with E-state index in [1.165, 1.54) is 11.0 Å². The Hall–Kier alpha value is -2.77. The van der Waals surface area contributed by atoms with Crippen molar-refractivity contribution in [2.75, 3.05) is 43.4 Å². The number of carbonyl (C=O) groups is 2. The number of halogens is 1. The van der Waals surface area contributed by atoms with Crippen LogP contribution in [0.2, 0.25) is 0 Å². The maximum Gasteiger partial charge on any atom is 0.282 e. The number of hydrogen-bond acceptors (Lipinski definition) is 2. The third kappa shape index (κ3) is 5.43. The van der Waals surface area contributed by atoms with Gasteiger partial charge < -0.3 is 20.4 Å². The smallest absolute Gasteiger partial charge is 0.282 e. The third-order valence-electron chi connectivity index (χ3n) is 6.03. The molecule has 160 valence electrons. The molecular formula is C23H31FN4O2+2. The number of rotatable bonds is 6. The summed E-state index contributed by atoms with van der Waals surface area (Å²) in [6.07, 6.45) is 0. The van der Waals surface area contributed by atoms with E-state index in [0.29, 0.717) is 6.54 Å². The Morgan fingerprint density at radius 3 is 2.33 bits per heavy atom.